The second-order valence-corrected chi connectivity index (χ2v) is 6.47. The van der Waals surface area contributed by atoms with E-state index in [1.165, 1.54) is 24.2 Å². The molecule has 4 nitrogen and oxygen atoms in total. The Bertz CT molecular complexity index is 585. The lowest BCUT2D eigenvalue weighted by molar-refractivity contribution is 0.221. The molecular weight excluding hydrogens is 272 g/mol. The van der Waals surface area contributed by atoms with Crippen LogP contribution in [0.2, 0.25) is 0 Å². The first-order valence-electron chi connectivity index (χ1n) is 8.07. The molecule has 0 bridgehead atoms. The lowest BCUT2D eigenvalue weighted by Gasteiger charge is -2.24. The Morgan fingerprint density at radius 3 is 2.73 bits per heavy atom. The first-order chi connectivity index (χ1) is 10.6. The number of rotatable bonds is 5. The third-order valence-corrected chi connectivity index (χ3v) is 4.69. The smallest absolute Gasteiger partial charge is 0.105 e. The Morgan fingerprint density at radius 2 is 2.05 bits per heavy atom. The minimum Gasteiger partial charge on any atom is -0.338 e. The number of hydrogen-bond acceptors (Lipinski definition) is 3. The van der Waals surface area contributed by atoms with Gasteiger partial charge in [-0.2, -0.15) is 0 Å². The third-order valence-electron chi connectivity index (χ3n) is 4.69. The summed E-state index contributed by atoms with van der Waals surface area (Å²) in [4.78, 5) is 9.62. The van der Waals surface area contributed by atoms with Crippen LogP contribution < -0.4 is 0 Å². The molecule has 0 spiro atoms. The molecule has 3 rings (SSSR count). The van der Waals surface area contributed by atoms with Crippen molar-refractivity contribution in [1.29, 1.82) is 0 Å². The Morgan fingerprint density at radius 1 is 1.27 bits per heavy atom. The van der Waals surface area contributed by atoms with Crippen LogP contribution in [0.3, 0.4) is 0 Å². The summed E-state index contributed by atoms with van der Waals surface area (Å²) < 4.78 is 2.10. The standard InChI is InChI=1S/C18H26N4/c1-15-19-17(12-20(15)2)13-21(3)18-9-10-22(14-18)11-16-7-5-4-6-8-16/h4-8,12,18H,9-11,13-14H2,1-3H3. The molecule has 1 atom stereocenters. The number of aryl methyl sites for hydroxylation is 2. The van der Waals surface area contributed by atoms with E-state index in [-0.39, 0.29) is 0 Å². The van der Waals surface area contributed by atoms with Crippen molar-refractivity contribution in [2.24, 2.45) is 7.05 Å². The highest BCUT2D eigenvalue weighted by Crippen LogP contribution is 2.18. The van der Waals surface area contributed by atoms with Gasteiger partial charge in [-0.15, -0.1) is 0 Å². The van der Waals surface area contributed by atoms with Gasteiger partial charge in [0.1, 0.15) is 5.82 Å². The van der Waals surface area contributed by atoms with E-state index in [2.05, 4.69) is 76.9 Å². The predicted octanol–water partition coefficient (Wildman–Crippen LogP) is 2.43. The normalized spacial score (nSPS) is 19.2. The fraction of sp³-hybridized carbons (Fsp3) is 0.500. The average Bonchev–Trinajstić information content (AvgIpc) is 3.08. The average molecular weight is 298 g/mol. The van der Waals surface area contributed by atoms with Gasteiger partial charge in [-0.25, -0.2) is 4.98 Å². The molecular formula is C18H26N4. The molecule has 1 aliphatic heterocycles. The summed E-state index contributed by atoms with van der Waals surface area (Å²) in [5.74, 6) is 1.08. The van der Waals surface area contributed by atoms with Gasteiger partial charge in [-0.05, 0) is 26.0 Å². The maximum atomic E-state index is 4.62. The number of hydrogen-bond donors (Lipinski definition) is 0. The topological polar surface area (TPSA) is 24.3 Å². The number of benzene rings is 1. The summed E-state index contributed by atoms with van der Waals surface area (Å²) in [5, 5.41) is 0. The van der Waals surface area contributed by atoms with Crippen molar-refractivity contribution in [3.05, 3.63) is 53.6 Å². The van der Waals surface area contributed by atoms with Crippen LogP contribution in [0.5, 0.6) is 0 Å². The van der Waals surface area contributed by atoms with Gasteiger partial charge < -0.3 is 4.57 Å². The van der Waals surface area contributed by atoms with E-state index < -0.39 is 0 Å². The summed E-state index contributed by atoms with van der Waals surface area (Å²) in [6.07, 6.45) is 3.39. The Kier molecular flexibility index (Phi) is 4.60. The minimum absolute atomic E-state index is 0.631. The van der Waals surface area contributed by atoms with Crippen LogP contribution in [-0.2, 0) is 20.1 Å². The van der Waals surface area contributed by atoms with Crippen molar-refractivity contribution in [3.63, 3.8) is 0 Å². The largest absolute Gasteiger partial charge is 0.338 e. The molecule has 118 valence electrons. The molecule has 1 unspecified atom stereocenters. The monoisotopic (exact) mass is 298 g/mol. The molecule has 2 heterocycles. The van der Waals surface area contributed by atoms with E-state index in [0.717, 1.165) is 25.5 Å². The zero-order chi connectivity index (χ0) is 15.5. The molecule has 0 amide bonds. The van der Waals surface area contributed by atoms with E-state index in [9.17, 15) is 0 Å². The molecule has 1 saturated heterocycles. The van der Waals surface area contributed by atoms with Gasteiger partial charge in [0.05, 0.1) is 5.69 Å². The summed E-state index contributed by atoms with van der Waals surface area (Å²) in [5.41, 5.74) is 2.58. The number of likely N-dealkylation sites (tertiary alicyclic amines) is 1. The van der Waals surface area contributed by atoms with Crippen LogP contribution in [0.1, 0.15) is 23.5 Å². The first kappa shape index (κ1) is 15.3. The molecule has 0 aliphatic carbocycles. The van der Waals surface area contributed by atoms with Gasteiger partial charge in [0, 0.05) is 45.5 Å². The van der Waals surface area contributed by atoms with Gasteiger partial charge in [0.25, 0.3) is 0 Å². The summed E-state index contributed by atoms with van der Waals surface area (Å²) in [6, 6.07) is 11.4. The molecule has 1 aromatic carbocycles. The highest BCUT2D eigenvalue weighted by atomic mass is 15.2. The fourth-order valence-corrected chi connectivity index (χ4v) is 3.25. The zero-order valence-corrected chi connectivity index (χ0v) is 13.9. The second-order valence-electron chi connectivity index (χ2n) is 6.47. The fourth-order valence-electron chi connectivity index (χ4n) is 3.25. The van der Waals surface area contributed by atoms with Gasteiger partial charge >= 0.3 is 0 Å². The molecule has 2 aromatic rings. The van der Waals surface area contributed by atoms with E-state index >= 15 is 0 Å². The molecule has 0 saturated carbocycles. The van der Waals surface area contributed by atoms with Crippen molar-refractivity contribution >= 4 is 0 Å². The van der Waals surface area contributed by atoms with E-state index in [4.69, 9.17) is 0 Å². The van der Waals surface area contributed by atoms with Gasteiger partial charge in [0.2, 0.25) is 0 Å². The lowest BCUT2D eigenvalue weighted by Crippen LogP contribution is -2.34. The van der Waals surface area contributed by atoms with Crippen LogP contribution in [0.15, 0.2) is 36.5 Å². The lowest BCUT2D eigenvalue weighted by atomic mass is 10.2. The molecule has 0 radical (unpaired) electrons. The second kappa shape index (κ2) is 6.63. The Balaban J connectivity index is 1.53. The van der Waals surface area contributed by atoms with Crippen LogP contribution in [0.25, 0.3) is 0 Å². The van der Waals surface area contributed by atoms with Crippen molar-refractivity contribution < 1.29 is 0 Å². The number of aromatic nitrogens is 2. The molecule has 4 heteroatoms. The third kappa shape index (κ3) is 3.57. The number of imidazole rings is 1. The predicted molar refractivity (Wildman–Crippen MR) is 89.5 cm³/mol. The SMILES string of the molecule is Cc1nc(CN(C)C2CCN(Cc3ccccc3)C2)cn1C. The molecule has 22 heavy (non-hydrogen) atoms. The van der Waals surface area contributed by atoms with Crippen LogP contribution in [0, 0.1) is 6.92 Å². The molecule has 1 aromatic heterocycles. The summed E-state index contributed by atoms with van der Waals surface area (Å²) in [6.45, 7) is 6.39. The van der Waals surface area contributed by atoms with Crippen molar-refractivity contribution in [1.82, 2.24) is 19.4 Å². The highest BCUT2D eigenvalue weighted by molar-refractivity contribution is 5.14. The van der Waals surface area contributed by atoms with E-state index in [1.807, 2.05) is 0 Å². The van der Waals surface area contributed by atoms with Crippen molar-refractivity contribution in [2.45, 2.75) is 32.5 Å². The molecule has 1 fully saturated rings. The van der Waals surface area contributed by atoms with Gasteiger partial charge in [-0.3, -0.25) is 9.80 Å². The van der Waals surface area contributed by atoms with Gasteiger partial charge in [0.15, 0.2) is 0 Å². The first-order valence-corrected chi connectivity index (χ1v) is 8.07. The number of nitrogens with zero attached hydrogens (tertiary/aromatic N) is 4. The van der Waals surface area contributed by atoms with Gasteiger partial charge in [-0.1, -0.05) is 30.3 Å². The van der Waals surface area contributed by atoms with Crippen LogP contribution >= 0.6 is 0 Å². The summed E-state index contributed by atoms with van der Waals surface area (Å²) >= 11 is 0. The van der Waals surface area contributed by atoms with Crippen LogP contribution in [0.4, 0.5) is 0 Å². The van der Waals surface area contributed by atoms with E-state index in [0.29, 0.717) is 6.04 Å². The molecule has 1 aliphatic rings. The Hall–Kier alpha value is -1.65. The highest BCUT2D eigenvalue weighted by Gasteiger charge is 2.26. The van der Waals surface area contributed by atoms with E-state index in [1.54, 1.807) is 0 Å². The molecule has 0 N–H and O–H groups in total. The number of likely N-dealkylation sites (N-methyl/N-ethyl adjacent to an activating group) is 1. The summed E-state index contributed by atoms with van der Waals surface area (Å²) in [7, 11) is 4.28. The van der Waals surface area contributed by atoms with Crippen LogP contribution in [-0.4, -0.2) is 45.5 Å². The minimum atomic E-state index is 0.631. The maximum absolute atomic E-state index is 4.62. The Labute approximate surface area is 133 Å². The zero-order valence-electron chi connectivity index (χ0n) is 13.9. The quantitative estimate of drug-likeness (QED) is 0.847. The maximum Gasteiger partial charge on any atom is 0.105 e. The van der Waals surface area contributed by atoms with Crippen molar-refractivity contribution in [3.8, 4) is 0 Å². The van der Waals surface area contributed by atoms with Crippen molar-refractivity contribution in [2.75, 3.05) is 20.1 Å².